The van der Waals surface area contributed by atoms with Crippen molar-refractivity contribution in [3.8, 4) is 11.9 Å². The molecule has 0 aliphatic rings. The topological polar surface area (TPSA) is 71.9 Å². The third-order valence-electron chi connectivity index (χ3n) is 1.30. The predicted molar refractivity (Wildman–Crippen MR) is 44.5 cm³/mol. The second kappa shape index (κ2) is 3.58. The van der Waals surface area contributed by atoms with Gasteiger partial charge in [-0.1, -0.05) is 0 Å². The largest absolute Gasteiger partial charge is 0.478 e. The number of hydrogen-bond donors (Lipinski definition) is 1. The van der Waals surface area contributed by atoms with Crippen molar-refractivity contribution in [3.05, 3.63) is 17.8 Å². The SMILES string of the molecule is CCOc1ccc(N)c(C#N)n1. The first kappa shape index (κ1) is 8.34. The average molecular weight is 163 g/mol. The van der Waals surface area contributed by atoms with E-state index < -0.39 is 0 Å². The smallest absolute Gasteiger partial charge is 0.214 e. The van der Waals surface area contributed by atoms with Gasteiger partial charge >= 0.3 is 0 Å². The van der Waals surface area contributed by atoms with E-state index in [4.69, 9.17) is 15.7 Å². The van der Waals surface area contributed by atoms with Crippen LogP contribution < -0.4 is 10.5 Å². The molecule has 0 saturated heterocycles. The summed E-state index contributed by atoms with van der Waals surface area (Å²) in [6.07, 6.45) is 0. The van der Waals surface area contributed by atoms with Crippen LogP contribution in [-0.2, 0) is 0 Å². The van der Waals surface area contributed by atoms with E-state index in [1.165, 1.54) is 0 Å². The number of ether oxygens (including phenoxy) is 1. The maximum atomic E-state index is 8.56. The fourth-order valence-corrected chi connectivity index (χ4v) is 0.770. The highest BCUT2D eigenvalue weighted by molar-refractivity contribution is 5.50. The number of nitrogen functional groups attached to an aromatic ring is 1. The van der Waals surface area contributed by atoms with Crippen LogP contribution in [0.5, 0.6) is 5.88 Å². The fourth-order valence-electron chi connectivity index (χ4n) is 0.770. The molecule has 4 heteroatoms. The maximum Gasteiger partial charge on any atom is 0.214 e. The zero-order valence-corrected chi connectivity index (χ0v) is 6.74. The summed E-state index contributed by atoms with van der Waals surface area (Å²) in [6, 6.07) is 5.12. The molecule has 0 aliphatic heterocycles. The molecule has 0 aromatic carbocycles. The van der Waals surface area contributed by atoms with Crippen LogP contribution in [0.2, 0.25) is 0 Å². The summed E-state index contributed by atoms with van der Waals surface area (Å²) < 4.78 is 5.09. The van der Waals surface area contributed by atoms with Gasteiger partial charge in [-0.25, -0.2) is 4.98 Å². The van der Waals surface area contributed by atoms with E-state index in [2.05, 4.69) is 4.98 Å². The molecule has 1 heterocycles. The molecule has 0 radical (unpaired) electrons. The molecule has 0 unspecified atom stereocenters. The van der Waals surface area contributed by atoms with Crippen LogP contribution in [-0.4, -0.2) is 11.6 Å². The quantitative estimate of drug-likeness (QED) is 0.704. The van der Waals surface area contributed by atoms with Gasteiger partial charge < -0.3 is 10.5 Å². The van der Waals surface area contributed by atoms with Gasteiger partial charge in [-0.2, -0.15) is 5.26 Å². The van der Waals surface area contributed by atoms with Crippen LogP contribution in [0, 0.1) is 11.3 Å². The molecule has 0 bridgehead atoms. The van der Waals surface area contributed by atoms with Crippen LogP contribution in [0.25, 0.3) is 0 Å². The normalized spacial score (nSPS) is 9.00. The minimum Gasteiger partial charge on any atom is -0.478 e. The van der Waals surface area contributed by atoms with E-state index in [0.29, 0.717) is 18.2 Å². The second-order valence-electron chi connectivity index (χ2n) is 2.13. The summed E-state index contributed by atoms with van der Waals surface area (Å²) in [5.41, 5.74) is 6.04. The monoisotopic (exact) mass is 163 g/mol. The van der Waals surface area contributed by atoms with Crippen LogP contribution in [0.4, 0.5) is 5.69 Å². The summed E-state index contributed by atoms with van der Waals surface area (Å²) in [5.74, 6) is 0.434. The number of aromatic nitrogens is 1. The molecule has 4 nitrogen and oxygen atoms in total. The van der Waals surface area contributed by atoms with Crippen molar-refractivity contribution in [1.82, 2.24) is 4.98 Å². The highest BCUT2D eigenvalue weighted by Gasteiger charge is 2.01. The van der Waals surface area contributed by atoms with E-state index in [1.807, 2.05) is 13.0 Å². The Balaban J connectivity index is 2.99. The first-order valence-electron chi connectivity index (χ1n) is 3.57. The van der Waals surface area contributed by atoms with E-state index in [9.17, 15) is 0 Å². The zero-order valence-electron chi connectivity index (χ0n) is 6.74. The highest BCUT2D eigenvalue weighted by atomic mass is 16.5. The lowest BCUT2D eigenvalue weighted by molar-refractivity contribution is 0.326. The molecule has 1 rings (SSSR count). The molecule has 12 heavy (non-hydrogen) atoms. The molecular formula is C8H9N3O. The Morgan fingerprint density at radius 3 is 3.00 bits per heavy atom. The summed E-state index contributed by atoms with van der Waals surface area (Å²) >= 11 is 0. The number of nitriles is 1. The number of anilines is 1. The minimum atomic E-state index is 0.209. The molecule has 1 aromatic rings. The van der Waals surface area contributed by atoms with Gasteiger partial charge in [0.1, 0.15) is 6.07 Å². The lowest BCUT2D eigenvalue weighted by atomic mass is 10.3. The third kappa shape index (κ3) is 1.64. The molecule has 1 aromatic heterocycles. The van der Waals surface area contributed by atoms with Gasteiger partial charge in [0, 0.05) is 6.07 Å². The lowest BCUT2D eigenvalue weighted by Crippen LogP contribution is -1.98. The summed E-state index contributed by atoms with van der Waals surface area (Å²) in [6.45, 7) is 2.38. The molecule has 0 spiro atoms. The van der Waals surface area contributed by atoms with Crippen LogP contribution in [0.1, 0.15) is 12.6 Å². The van der Waals surface area contributed by atoms with Crippen molar-refractivity contribution >= 4 is 5.69 Å². The summed E-state index contributed by atoms with van der Waals surface area (Å²) in [5, 5.41) is 8.56. The van der Waals surface area contributed by atoms with Crippen LogP contribution >= 0.6 is 0 Å². The van der Waals surface area contributed by atoms with Crippen molar-refractivity contribution < 1.29 is 4.74 Å². The molecule has 0 fully saturated rings. The summed E-state index contributed by atoms with van der Waals surface area (Å²) in [4.78, 5) is 3.87. The van der Waals surface area contributed by atoms with Gasteiger partial charge in [-0.15, -0.1) is 0 Å². The van der Waals surface area contributed by atoms with Crippen LogP contribution in [0.3, 0.4) is 0 Å². The molecule has 0 amide bonds. The van der Waals surface area contributed by atoms with E-state index in [1.54, 1.807) is 12.1 Å². The lowest BCUT2D eigenvalue weighted by Gasteiger charge is -2.02. The predicted octanol–water partition coefficient (Wildman–Crippen LogP) is 0.934. The molecular weight excluding hydrogens is 154 g/mol. The highest BCUT2D eigenvalue weighted by Crippen LogP contribution is 2.13. The zero-order chi connectivity index (χ0) is 8.97. The number of hydrogen-bond acceptors (Lipinski definition) is 4. The third-order valence-corrected chi connectivity index (χ3v) is 1.30. The Kier molecular flexibility index (Phi) is 2.49. The van der Waals surface area contributed by atoms with Gasteiger partial charge in [-0.3, -0.25) is 0 Å². The van der Waals surface area contributed by atoms with Crippen LogP contribution in [0.15, 0.2) is 12.1 Å². The van der Waals surface area contributed by atoms with Gasteiger partial charge in [0.2, 0.25) is 5.88 Å². The molecule has 62 valence electrons. The Labute approximate surface area is 70.6 Å². The number of rotatable bonds is 2. The fraction of sp³-hybridized carbons (Fsp3) is 0.250. The number of nitrogens with zero attached hydrogens (tertiary/aromatic N) is 2. The minimum absolute atomic E-state index is 0.209. The molecule has 0 atom stereocenters. The van der Waals surface area contributed by atoms with Gasteiger partial charge in [0.25, 0.3) is 0 Å². The molecule has 2 N–H and O–H groups in total. The Morgan fingerprint density at radius 1 is 1.67 bits per heavy atom. The second-order valence-corrected chi connectivity index (χ2v) is 2.13. The van der Waals surface area contributed by atoms with Gasteiger partial charge in [0.15, 0.2) is 5.69 Å². The standard InChI is InChI=1S/C8H9N3O/c1-2-12-8-4-3-6(10)7(5-9)11-8/h3-4H,2,10H2,1H3. The number of pyridine rings is 1. The van der Waals surface area contributed by atoms with Crippen molar-refractivity contribution in [2.24, 2.45) is 0 Å². The Hall–Kier alpha value is -1.76. The van der Waals surface area contributed by atoms with Gasteiger partial charge in [0.05, 0.1) is 12.3 Å². The first-order valence-corrected chi connectivity index (χ1v) is 3.57. The Morgan fingerprint density at radius 2 is 2.42 bits per heavy atom. The summed E-state index contributed by atoms with van der Waals surface area (Å²) in [7, 11) is 0. The molecule has 0 aliphatic carbocycles. The van der Waals surface area contributed by atoms with Crippen molar-refractivity contribution in [3.63, 3.8) is 0 Å². The number of nitrogens with two attached hydrogens (primary N) is 1. The van der Waals surface area contributed by atoms with E-state index >= 15 is 0 Å². The maximum absolute atomic E-state index is 8.56. The average Bonchev–Trinajstić information content (AvgIpc) is 2.09. The van der Waals surface area contributed by atoms with Crippen molar-refractivity contribution in [1.29, 1.82) is 5.26 Å². The van der Waals surface area contributed by atoms with Gasteiger partial charge in [-0.05, 0) is 13.0 Å². The van der Waals surface area contributed by atoms with Crippen molar-refractivity contribution in [2.75, 3.05) is 12.3 Å². The van der Waals surface area contributed by atoms with E-state index in [0.717, 1.165) is 0 Å². The van der Waals surface area contributed by atoms with E-state index in [-0.39, 0.29) is 5.69 Å². The first-order chi connectivity index (χ1) is 5.77. The van der Waals surface area contributed by atoms with Crippen molar-refractivity contribution in [2.45, 2.75) is 6.92 Å². The Bertz CT molecular complexity index is 317. The molecule has 0 saturated carbocycles.